The summed E-state index contributed by atoms with van der Waals surface area (Å²) in [5.41, 5.74) is 2.46. The SMILES string of the molecule is COc1ccc2cc(C3CCCCN3)[nH]c2c1. The number of methoxy groups -OCH3 is 1. The highest BCUT2D eigenvalue weighted by Crippen LogP contribution is 2.27. The molecule has 1 aromatic heterocycles. The standard InChI is InChI=1S/C14H18N2O/c1-17-11-6-5-10-8-14(16-13(10)9-11)12-4-2-3-7-15-12/h5-6,8-9,12,15-16H,2-4,7H2,1H3. The molecule has 3 rings (SSSR count). The van der Waals surface area contributed by atoms with Gasteiger partial charge in [0.1, 0.15) is 5.75 Å². The van der Waals surface area contributed by atoms with Gasteiger partial charge in [-0.15, -0.1) is 0 Å². The lowest BCUT2D eigenvalue weighted by Crippen LogP contribution is -2.26. The van der Waals surface area contributed by atoms with Gasteiger partial charge < -0.3 is 15.0 Å². The van der Waals surface area contributed by atoms with Gasteiger partial charge in [0, 0.05) is 23.3 Å². The molecule has 1 atom stereocenters. The van der Waals surface area contributed by atoms with Crippen LogP contribution in [0.3, 0.4) is 0 Å². The molecule has 17 heavy (non-hydrogen) atoms. The zero-order chi connectivity index (χ0) is 11.7. The Hall–Kier alpha value is -1.48. The van der Waals surface area contributed by atoms with E-state index in [1.165, 1.54) is 30.3 Å². The molecule has 0 spiro atoms. The van der Waals surface area contributed by atoms with Crippen molar-refractivity contribution in [2.24, 2.45) is 0 Å². The molecule has 90 valence electrons. The predicted molar refractivity (Wildman–Crippen MR) is 69.4 cm³/mol. The molecule has 1 fully saturated rings. The van der Waals surface area contributed by atoms with Gasteiger partial charge in [-0.2, -0.15) is 0 Å². The second kappa shape index (κ2) is 4.41. The number of aromatic nitrogens is 1. The highest BCUT2D eigenvalue weighted by molar-refractivity contribution is 5.82. The molecule has 0 radical (unpaired) electrons. The summed E-state index contributed by atoms with van der Waals surface area (Å²) in [4.78, 5) is 3.50. The fraction of sp³-hybridized carbons (Fsp3) is 0.429. The van der Waals surface area contributed by atoms with Gasteiger partial charge in [-0.3, -0.25) is 0 Å². The third-order valence-corrected chi connectivity index (χ3v) is 3.54. The molecule has 0 aliphatic carbocycles. The molecule has 2 heterocycles. The molecule has 3 heteroatoms. The van der Waals surface area contributed by atoms with Gasteiger partial charge in [-0.05, 0) is 43.0 Å². The molecular formula is C14H18N2O. The molecule has 3 nitrogen and oxygen atoms in total. The van der Waals surface area contributed by atoms with Crippen LogP contribution in [-0.2, 0) is 0 Å². The van der Waals surface area contributed by atoms with E-state index in [0.29, 0.717) is 6.04 Å². The van der Waals surface area contributed by atoms with Gasteiger partial charge in [0.05, 0.1) is 7.11 Å². The first-order chi connectivity index (χ1) is 8.36. The maximum atomic E-state index is 5.24. The van der Waals surface area contributed by atoms with Crippen molar-refractivity contribution in [1.82, 2.24) is 10.3 Å². The van der Waals surface area contributed by atoms with Gasteiger partial charge in [0.2, 0.25) is 0 Å². The predicted octanol–water partition coefficient (Wildman–Crippen LogP) is 2.99. The van der Waals surface area contributed by atoms with E-state index < -0.39 is 0 Å². The number of ether oxygens (including phenoxy) is 1. The van der Waals surface area contributed by atoms with Gasteiger partial charge in [-0.25, -0.2) is 0 Å². The van der Waals surface area contributed by atoms with Crippen molar-refractivity contribution >= 4 is 10.9 Å². The molecule has 2 N–H and O–H groups in total. The first-order valence-corrected chi connectivity index (χ1v) is 6.27. The summed E-state index contributed by atoms with van der Waals surface area (Å²) in [5.74, 6) is 0.905. The number of aromatic amines is 1. The maximum Gasteiger partial charge on any atom is 0.120 e. The summed E-state index contributed by atoms with van der Waals surface area (Å²) >= 11 is 0. The van der Waals surface area contributed by atoms with Crippen molar-refractivity contribution < 1.29 is 4.74 Å². The number of hydrogen-bond acceptors (Lipinski definition) is 2. The largest absolute Gasteiger partial charge is 0.497 e. The van der Waals surface area contributed by atoms with Gasteiger partial charge in [0.15, 0.2) is 0 Å². The van der Waals surface area contributed by atoms with Crippen LogP contribution in [0.4, 0.5) is 0 Å². The smallest absolute Gasteiger partial charge is 0.120 e. The first kappa shape index (κ1) is 10.7. The Morgan fingerprint density at radius 1 is 1.24 bits per heavy atom. The third-order valence-electron chi connectivity index (χ3n) is 3.54. The van der Waals surface area contributed by atoms with Crippen LogP contribution in [0.25, 0.3) is 10.9 Å². The van der Waals surface area contributed by atoms with Crippen LogP contribution in [0.2, 0.25) is 0 Å². The lowest BCUT2D eigenvalue weighted by molar-refractivity contribution is 0.407. The highest BCUT2D eigenvalue weighted by atomic mass is 16.5. The topological polar surface area (TPSA) is 37.0 Å². The van der Waals surface area contributed by atoms with Crippen molar-refractivity contribution in [2.75, 3.05) is 13.7 Å². The Kier molecular flexibility index (Phi) is 2.77. The number of hydrogen-bond donors (Lipinski definition) is 2. The fourth-order valence-electron chi connectivity index (χ4n) is 2.56. The first-order valence-electron chi connectivity index (χ1n) is 6.27. The van der Waals surface area contributed by atoms with Crippen LogP contribution in [-0.4, -0.2) is 18.6 Å². The van der Waals surface area contributed by atoms with E-state index in [0.717, 1.165) is 17.8 Å². The van der Waals surface area contributed by atoms with Crippen LogP contribution in [0.1, 0.15) is 31.0 Å². The summed E-state index contributed by atoms with van der Waals surface area (Å²) < 4.78 is 5.24. The Morgan fingerprint density at radius 2 is 2.18 bits per heavy atom. The molecule has 1 aromatic carbocycles. The summed E-state index contributed by atoms with van der Waals surface area (Å²) in [5, 5.41) is 4.82. The van der Waals surface area contributed by atoms with Crippen molar-refractivity contribution in [3.8, 4) is 5.75 Å². The zero-order valence-corrected chi connectivity index (χ0v) is 10.1. The molecule has 1 unspecified atom stereocenters. The van der Waals surface area contributed by atoms with E-state index in [2.05, 4.69) is 28.5 Å². The quantitative estimate of drug-likeness (QED) is 0.832. The van der Waals surface area contributed by atoms with Crippen molar-refractivity contribution in [1.29, 1.82) is 0 Å². The zero-order valence-electron chi connectivity index (χ0n) is 10.1. The minimum Gasteiger partial charge on any atom is -0.497 e. The Morgan fingerprint density at radius 3 is 2.94 bits per heavy atom. The minimum absolute atomic E-state index is 0.488. The second-order valence-electron chi connectivity index (χ2n) is 4.68. The Bertz CT molecular complexity index is 512. The average Bonchev–Trinajstić information content (AvgIpc) is 2.82. The van der Waals surface area contributed by atoms with Gasteiger partial charge in [-0.1, -0.05) is 6.42 Å². The number of benzene rings is 1. The van der Waals surface area contributed by atoms with Crippen LogP contribution in [0.5, 0.6) is 5.75 Å². The van der Waals surface area contributed by atoms with E-state index in [-0.39, 0.29) is 0 Å². The van der Waals surface area contributed by atoms with Crippen molar-refractivity contribution in [2.45, 2.75) is 25.3 Å². The van der Waals surface area contributed by atoms with E-state index in [9.17, 15) is 0 Å². The van der Waals surface area contributed by atoms with Crippen molar-refractivity contribution in [3.63, 3.8) is 0 Å². The lowest BCUT2D eigenvalue weighted by Gasteiger charge is -2.22. The molecular weight excluding hydrogens is 212 g/mol. The highest BCUT2D eigenvalue weighted by Gasteiger charge is 2.16. The molecule has 0 bridgehead atoms. The Balaban J connectivity index is 1.95. The number of piperidine rings is 1. The van der Waals surface area contributed by atoms with Gasteiger partial charge in [0.25, 0.3) is 0 Å². The number of rotatable bonds is 2. The summed E-state index contributed by atoms with van der Waals surface area (Å²) in [7, 11) is 1.70. The fourth-order valence-corrected chi connectivity index (χ4v) is 2.56. The molecule has 0 saturated carbocycles. The Labute approximate surface area is 101 Å². The van der Waals surface area contributed by atoms with Crippen molar-refractivity contribution in [3.05, 3.63) is 30.0 Å². The molecule has 1 aliphatic rings. The third kappa shape index (κ3) is 2.03. The maximum absolute atomic E-state index is 5.24. The van der Waals surface area contributed by atoms with E-state index in [4.69, 9.17) is 4.74 Å². The number of fused-ring (bicyclic) bond motifs is 1. The molecule has 1 aliphatic heterocycles. The average molecular weight is 230 g/mol. The lowest BCUT2D eigenvalue weighted by atomic mass is 10.0. The minimum atomic E-state index is 0.488. The van der Waals surface area contributed by atoms with Crippen LogP contribution in [0, 0.1) is 0 Å². The van der Waals surface area contributed by atoms with Crippen LogP contribution < -0.4 is 10.1 Å². The monoisotopic (exact) mass is 230 g/mol. The normalized spacial score (nSPS) is 20.6. The number of H-pyrrole nitrogens is 1. The summed E-state index contributed by atoms with van der Waals surface area (Å²) in [6.07, 6.45) is 3.84. The second-order valence-corrected chi connectivity index (χ2v) is 4.68. The van der Waals surface area contributed by atoms with Crippen LogP contribution in [0.15, 0.2) is 24.3 Å². The number of nitrogens with one attached hydrogen (secondary N) is 2. The van der Waals surface area contributed by atoms with Crippen LogP contribution >= 0.6 is 0 Å². The summed E-state index contributed by atoms with van der Waals surface area (Å²) in [6, 6.07) is 8.91. The molecule has 1 saturated heterocycles. The van der Waals surface area contributed by atoms with E-state index in [1.54, 1.807) is 7.11 Å². The molecule has 2 aromatic rings. The molecule has 0 amide bonds. The van der Waals surface area contributed by atoms with E-state index >= 15 is 0 Å². The van der Waals surface area contributed by atoms with Gasteiger partial charge >= 0.3 is 0 Å². The summed E-state index contributed by atoms with van der Waals surface area (Å²) in [6.45, 7) is 1.13. The van der Waals surface area contributed by atoms with E-state index in [1.807, 2.05) is 6.07 Å².